The Morgan fingerprint density at radius 3 is 1.48 bits per heavy atom. The summed E-state index contributed by atoms with van der Waals surface area (Å²) in [5.41, 5.74) is -3.20. The predicted molar refractivity (Wildman–Crippen MR) is 334 cm³/mol. The molecule has 6 heterocycles. The van der Waals surface area contributed by atoms with Gasteiger partial charge in [0.05, 0.1) is 64.1 Å². The van der Waals surface area contributed by atoms with Gasteiger partial charge >= 0.3 is 0 Å². The summed E-state index contributed by atoms with van der Waals surface area (Å²) in [6.45, 7) is 16.9. The number of hydrogen-bond acceptors (Lipinski definition) is 33. The number of allylic oxidation sites excluding steroid dienone is 2. The van der Waals surface area contributed by atoms with Gasteiger partial charge in [0, 0.05) is 11.3 Å². The highest BCUT2D eigenvalue weighted by Gasteiger charge is 2.72. The van der Waals surface area contributed by atoms with Crippen LogP contribution < -0.4 is 0 Å². The Labute approximate surface area is 578 Å². The summed E-state index contributed by atoms with van der Waals surface area (Å²) in [4.78, 5) is 0. The van der Waals surface area contributed by atoms with Crippen LogP contribution in [0.5, 0.6) is 0 Å². The largest absolute Gasteiger partial charge is 0.394 e. The number of hydrogen-bond donors (Lipinski definition) is 21. The van der Waals surface area contributed by atoms with Crippen molar-refractivity contribution in [3.63, 3.8) is 0 Å². The fraction of sp³-hybridized carbons (Fsp3) is 0.940. The zero-order valence-corrected chi connectivity index (χ0v) is 57.6. The quantitative estimate of drug-likeness (QED) is 0.0448. The van der Waals surface area contributed by atoms with E-state index in [1.165, 1.54) is 6.92 Å². The molecule has 100 heavy (non-hydrogen) atoms. The summed E-state index contributed by atoms with van der Waals surface area (Å²) in [6.07, 6.45) is -48.0. The van der Waals surface area contributed by atoms with Crippen molar-refractivity contribution in [1.29, 1.82) is 0 Å². The molecule has 0 spiro atoms. The van der Waals surface area contributed by atoms with E-state index in [4.69, 9.17) is 63.4 Å². The van der Waals surface area contributed by atoms with Crippen LogP contribution in [0.3, 0.4) is 0 Å². The average Bonchev–Trinajstić information content (AvgIpc) is 0.669. The highest BCUT2D eigenvalue weighted by Crippen LogP contribution is 2.77. The molecule has 0 aromatic rings. The Morgan fingerprint density at radius 1 is 0.460 bits per heavy atom. The minimum atomic E-state index is -2.06. The van der Waals surface area contributed by atoms with Crippen LogP contribution in [-0.4, -0.2) is 344 Å². The second kappa shape index (κ2) is 29.6. The lowest BCUT2D eigenvalue weighted by atomic mass is 9.33. The molecular formula is C67H110O33. The Hall–Kier alpha value is -1.84. The third-order valence-electron chi connectivity index (χ3n) is 26.0. The van der Waals surface area contributed by atoms with Crippen LogP contribution in [0, 0.1) is 56.2 Å². The van der Waals surface area contributed by atoms with Crippen molar-refractivity contribution >= 4 is 0 Å². The molecule has 6 saturated heterocycles. The van der Waals surface area contributed by atoms with E-state index in [1.54, 1.807) is 0 Å². The molecule has 33 heteroatoms. The van der Waals surface area contributed by atoms with E-state index in [-0.39, 0.29) is 18.3 Å². The number of fused-ring (bicyclic) bond motifs is 7. The molecule has 4 saturated carbocycles. The van der Waals surface area contributed by atoms with Crippen LogP contribution in [0.2, 0.25) is 0 Å². The first-order valence-corrected chi connectivity index (χ1v) is 35.0. The van der Waals surface area contributed by atoms with Crippen LogP contribution in [0.25, 0.3) is 0 Å². The van der Waals surface area contributed by atoms with Crippen LogP contribution in [0.1, 0.15) is 100 Å². The summed E-state index contributed by atoms with van der Waals surface area (Å²) in [5.74, 6) is -1.64. The van der Waals surface area contributed by atoms with Crippen LogP contribution in [0.15, 0.2) is 23.8 Å². The van der Waals surface area contributed by atoms with E-state index in [9.17, 15) is 107 Å². The molecule has 33 nitrogen and oxygen atoms in total. The van der Waals surface area contributed by atoms with Gasteiger partial charge in [-0.15, -0.1) is 0 Å². The first kappa shape index (κ1) is 79.2. The van der Waals surface area contributed by atoms with Crippen molar-refractivity contribution in [2.75, 3.05) is 39.6 Å². The molecule has 11 rings (SSSR count). The van der Waals surface area contributed by atoms with Crippen LogP contribution >= 0.6 is 0 Å². The van der Waals surface area contributed by atoms with Gasteiger partial charge in [-0.1, -0.05) is 79.2 Å². The van der Waals surface area contributed by atoms with Gasteiger partial charge in [0.2, 0.25) is 0 Å². The Balaban J connectivity index is 0.866. The fourth-order valence-corrected chi connectivity index (χ4v) is 19.5. The molecule has 0 bridgehead atoms. The van der Waals surface area contributed by atoms with Gasteiger partial charge in [0.25, 0.3) is 0 Å². The highest BCUT2D eigenvalue weighted by atomic mass is 16.8. The van der Waals surface area contributed by atoms with Crippen molar-refractivity contribution in [2.45, 2.75) is 297 Å². The van der Waals surface area contributed by atoms with Crippen molar-refractivity contribution in [2.24, 2.45) is 56.2 Å². The molecule has 10 fully saturated rings. The molecule has 3 unspecified atom stereocenters. The van der Waals surface area contributed by atoms with Gasteiger partial charge in [0.1, 0.15) is 128 Å². The van der Waals surface area contributed by atoms with E-state index in [0.29, 0.717) is 44.1 Å². The Kier molecular flexibility index (Phi) is 23.5. The van der Waals surface area contributed by atoms with E-state index in [2.05, 4.69) is 40.7 Å². The standard InChI is InChI=1S/C67H110O33/c1-24-16-66(9)26(27-17-62(3,4)53(86)54(87)67(24,27)23-91-60-51(98-58-37(72)25(2)36(71)28(18-68)94-58)45(80)40(75)31(95-60)21-89-56-48(83)42(77)38(73)29(19-69)92-56)10-11-34-64(7)14-13-35(63(5,6)33(64)12-15-65(34,66)8)97-61-52(99-59-50(85)44(79)47(82)55(88)100-59)46(81)41(76)32(96-61)22-90-57-49(84)43(78)39(74)30(20-70)93-57/h10,25,27-61,68-88H,1,11-23H2,2-9H3/t25-,27?,28+,29+,30+,31+,32+,33?,34?,35-,36-,37+,38+,39+,40+,41+,42-,43-,44+,45+,46+,47+,48+,49+,50+,51+,52+,53-,54-,55+,56+,57+,58-,59+,60+,61-,64-,65+,66+,67+/m0/s1. The van der Waals surface area contributed by atoms with Crippen molar-refractivity contribution in [3.8, 4) is 0 Å². The number of aliphatic hydroxyl groups excluding tert-OH is 21. The minimum Gasteiger partial charge on any atom is -0.394 e. The monoisotopic (exact) mass is 1440 g/mol. The molecule has 6 aliphatic heterocycles. The zero-order valence-electron chi connectivity index (χ0n) is 57.6. The van der Waals surface area contributed by atoms with Gasteiger partial charge in [-0.25, -0.2) is 0 Å². The first-order valence-electron chi connectivity index (χ1n) is 35.0. The number of rotatable bonds is 18. The lowest BCUT2D eigenvalue weighted by molar-refractivity contribution is -0.394. The van der Waals surface area contributed by atoms with Gasteiger partial charge in [-0.2, -0.15) is 0 Å². The molecule has 5 aliphatic carbocycles. The molecule has 0 aromatic carbocycles. The summed E-state index contributed by atoms with van der Waals surface area (Å²) in [7, 11) is 0. The fourth-order valence-electron chi connectivity index (χ4n) is 19.5. The molecule has 11 aliphatic rings. The Bertz CT molecular complexity index is 2820. The Morgan fingerprint density at radius 2 is 0.930 bits per heavy atom. The van der Waals surface area contributed by atoms with Gasteiger partial charge in [0.15, 0.2) is 44.0 Å². The summed E-state index contributed by atoms with van der Waals surface area (Å²) >= 11 is 0. The van der Waals surface area contributed by atoms with Crippen molar-refractivity contribution < 1.29 is 164 Å². The predicted octanol–water partition coefficient (Wildman–Crippen LogP) is -6.57. The van der Waals surface area contributed by atoms with Crippen molar-refractivity contribution in [1.82, 2.24) is 0 Å². The molecule has 0 amide bonds. The minimum absolute atomic E-state index is 0.0207. The van der Waals surface area contributed by atoms with Gasteiger partial charge in [-0.3, -0.25) is 0 Å². The van der Waals surface area contributed by atoms with Crippen LogP contribution in [-0.2, 0) is 56.8 Å². The summed E-state index contributed by atoms with van der Waals surface area (Å²) < 4.78 is 72.7. The van der Waals surface area contributed by atoms with E-state index < -0.39 is 281 Å². The summed E-state index contributed by atoms with van der Waals surface area (Å²) in [6, 6.07) is 0. The third kappa shape index (κ3) is 13.3. The molecule has 576 valence electrons. The highest BCUT2D eigenvalue weighted by molar-refractivity contribution is 5.42. The number of ether oxygens (including phenoxy) is 12. The number of aliphatic hydroxyl groups is 21. The molecule has 0 aromatic heterocycles. The normalized spacial score (nSPS) is 54.8. The molecule has 40 atom stereocenters. The smallest absolute Gasteiger partial charge is 0.189 e. The van der Waals surface area contributed by atoms with Gasteiger partial charge in [-0.05, 0) is 89.8 Å². The van der Waals surface area contributed by atoms with Crippen LogP contribution in [0.4, 0.5) is 0 Å². The van der Waals surface area contributed by atoms with E-state index in [1.807, 2.05) is 13.8 Å². The maximum Gasteiger partial charge on any atom is 0.189 e. The second-order valence-electron chi connectivity index (χ2n) is 32.3. The average molecular weight is 1440 g/mol. The molecule has 0 radical (unpaired) electrons. The first-order chi connectivity index (χ1) is 46.8. The van der Waals surface area contributed by atoms with E-state index in [0.717, 1.165) is 5.57 Å². The second-order valence-corrected chi connectivity index (χ2v) is 32.3. The maximum absolute atomic E-state index is 12.9. The third-order valence-corrected chi connectivity index (χ3v) is 26.0. The lowest BCUT2D eigenvalue weighted by Crippen LogP contribution is -2.69. The summed E-state index contributed by atoms with van der Waals surface area (Å²) in [5, 5.41) is 231. The SMILES string of the molecule is C=C1C[C@]2(C)C(=CCC3[C@@]4(C)CC[C@H](O[C@@H]5O[C@H](CO[C@@H]6O[C@H](CO)[C@@H](O)[C@H](O)[C@H]6O)[C@@H](O)[C@@H](O)[C@H]5O[C@@H]5O[C@@H](O)[C@H](O)[C@@H](O)[C@H]5O)C(C)(C)C4CC[C@]32C)C2CC(C)(C)[C@@H](O)[C@H](O)[C@]12CO[C@@H]1O[C@H](CO[C@@H]2O[C@H](CO)[C@@H](O)[C@H](O)[C@H]2O)[C@@H](O)[C@@H](O)[C@H]1O[C@@H]1O[C@H](CO)[C@@H](O)[C@H](C)[C@H]1O. The maximum atomic E-state index is 12.9. The molecular weight excluding hydrogens is 1330 g/mol. The zero-order chi connectivity index (χ0) is 73.3. The van der Waals surface area contributed by atoms with Crippen molar-refractivity contribution in [3.05, 3.63) is 23.8 Å². The van der Waals surface area contributed by atoms with Gasteiger partial charge < -0.3 is 164 Å². The van der Waals surface area contributed by atoms with E-state index >= 15 is 0 Å². The molecule has 21 N–H and O–H groups in total. The lowest BCUT2D eigenvalue weighted by Gasteiger charge is -2.72. The topological polar surface area (TPSA) is 536 Å².